The van der Waals surface area contributed by atoms with Crippen molar-refractivity contribution < 1.29 is 14.7 Å². The van der Waals surface area contributed by atoms with Crippen LogP contribution in [0.25, 0.3) is 10.9 Å². The molecule has 1 heterocycles. The van der Waals surface area contributed by atoms with E-state index in [1.807, 2.05) is 38.2 Å². The van der Waals surface area contributed by atoms with Crippen molar-refractivity contribution in [2.24, 2.45) is 5.92 Å². The van der Waals surface area contributed by atoms with Crippen LogP contribution in [-0.2, 0) is 16.1 Å². The Labute approximate surface area is 148 Å². The average molecular weight is 345 g/mol. The molecule has 0 aliphatic carbocycles. The summed E-state index contributed by atoms with van der Waals surface area (Å²) in [5.41, 5.74) is 1.69. The molecule has 0 spiro atoms. The molecule has 2 rings (SSSR count). The molecule has 136 valence electrons. The Bertz CT molecular complexity index is 737. The molecule has 6 nitrogen and oxygen atoms in total. The topological polar surface area (TPSA) is 83.4 Å². The Balaban J connectivity index is 1.91. The van der Waals surface area contributed by atoms with Crippen molar-refractivity contribution in [1.29, 1.82) is 0 Å². The molecule has 0 aliphatic heterocycles. The van der Waals surface area contributed by atoms with Crippen LogP contribution in [-0.4, -0.2) is 34.1 Å². The van der Waals surface area contributed by atoms with Crippen LogP contribution in [0.3, 0.4) is 0 Å². The summed E-state index contributed by atoms with van der Waals surface area (Å²) < 4.78 is 2.16. The van der Waals surface area contributed by atoms with Gasteiger partial charge in [0, 0.05) is 35.9 Å². The van der Waals surface area contributed by atoms with E-state index in [9.17, 15) is 14.7 Å². The smallest absolute Gasteiger partial charge is 0.313 e. The molecule has 0 radical (unpaired) electrons. The van der Waals surface area contributed by atoms with E-state index in [1.165, 1.54) is 0 Å². The number of fused-ring (bicyclic) bond motifs is 1. The van der Waals surface area contributed by atoms with Gasteiger partial charge in [0.05, 0.1) is 6.10 Å². The third-order valence-corrected chi connectivity index (χ3v) is 4.19. The predicted octanol–water partition coefficient (Wildman–Crippen LogP) is 2.51. The second-order valence-electron chi connectivity index (χ2n) is 6.59. The lowest BCUT2D eigenvalue weighted by molar-refractivity contribution is -0.136. The van der Waals surface area contributed by atoms with E-state index in [-0.39, 0.29) is 12.5 Å². The summed E-state index contributed by atoms with van der Waals surface area (Å²) in [5.74, 6) is -1.27. The molecule has 6 heteroatoms. The van der Waals surface area contributed by atoms with Crippen LogP contribution in [0.2, 0.25) is 0 Å². The van der Waals surface area contributed by atoms with Crippen molar-refractivity contribution >= 4 is 28.4 Å². The maximum absolute atomic E-state index is 12.0. The molecule has 3 N–H and O–H groups in total. The summed E-state index contributed by atoms with van der Waals surface area (Å²) in [7, 11) is 0. The highest BCUT2D eigenvalue weighted by Gasteiger charge is 2.15. The number of hydrogen-bond donors (Lipinski definition) is 3. The van der Waals surface area contributed by atoms with E-state index < -0.39 is 17.9 Å². The van der Waals surface area contributed by atoms with Crippen molar-refractivity contribution in [2.75, 3.05) is 11.9 Å². The van der Waals surface area contributed by atoms with Gasteiger partial charge in [-0.3, -0.25) is 9.59 Å². The number of aryl methyl sites for hydroxylation is 1. The highest BCUT2D eigenvalue weighted by molar-refractivity contribution is 6.39. The van der Waals surface area contributed by atoms with Crippen LogP contribution in [0, 0.1) is 5.92 Å². The molecule has 1 aromatic carbocycles. The minimum Gasteiger partial charge on any atom is -0.393 e. The molecule has 1 unspecified atom stereocenters. The van der Waals surface area contributed by atoms with Gasteiger partial charge in [-0.05, 0) is 43.0 Å². The van der Waals surface area contributed by atoms with Gasteiger partial charge in [-0.25, -0.2) is 0 Å². The van der Waals surface area contributed by atoms with Crippen LogP contribution in [0.1, 0.15) is 33.6 Å². The summed E-state index contributed by atoms with van der Waals surface area (Å²) >= 11 is 0. The summed E-state index contributed by atoms with van der Waals surface area (Å²) in [4.78, 5) is 23.8. The highest BCUT2D eigenvalue weighted by Crippen LogP contribution is 2.20. The van der Waals surface area contributed by atoms with Gasteiger partial charge in [-0.1, -0.05) is 20.8 Å². The zero-order valence-electron chi connectivity index (χ0n) is 15.1. The molecule has 2 aromatic rings. The Kier molecular flexibility index (Phi) is 6.58. The lowest BCUT2D eigenvalue weighted by Crippen LogP contribution is -2.37. The largest absolute Gasteiger partial charge is 0.393 e. The number of carbonyl (C=O) groups is 2. The molecule has 0 aliphatic rings. The number of rotatable bonds is 7. The molecule has 0 saturated carbocycles. The van der Waals surface area contributed by atoms with E-state index in [0.29, 0.717) is 12.1 Å². The van der Waals surface area contributed by atoms with Gasteiger partial charge >= 0.3 is 11.8 Å². The summed E-state index contributed by atoms with van der Waals surface area (Å²) in [5, 5.41) is 15.9. The molecule has 0 bridgehead atoms. The number of aromatic nitrogens is 1. The average Bonchev–Trinajstić information content (AvgIpc) is 2.97. The van der Waals surface area contributed by atoms with E-state index in [1.54, 1.807) is 6.07 Å². The fourth-order valence-corrected chi connectivity index (χ4v) is 2.65. The Morgan fingerprint density at radius 3 is 2.64 bits per heavy atom. The van der Waals surface area contributed by atoms with Gasteiger partial charge < -0.3 is 20.3 Å². The van der Waals surface area contributed by atoms with Gasteiger partial charge in [-0.2, -0.15) is 0 Å². The number of anilines is 1. The highest BCUT2D eigenvalue weighted by atomic mass is 16.3. The molecule has 25 heavy (non-hydrogen) atoms. The fourth-order valence-electron chi connectivity index (χ4n) is 2.65. The zero-order chi connectivity index (χ0) is 18.4. The molecular weight excluding hydrogens is 318 g/mol. The maximum atomic E-state index is 12.0. The van der Waals surface area contributed by atoms with Gasteiger partial charge in [0.1, 0.15) is 0 Å². The quantitative estimate of drug-likeness (QED) is 0.674. The number of hydrogen-bond acceptors (Lipinski definition) is 3. The fraction of sp³-hybridized carbons (Fsp3) is 0.474. The first kappa shape index (κ1) is 19.0. The molecule has 0 saturated heterocycles. The van der Waals surface area contributed by atoms with Crippen molar-refractivity contribution in [3.05, 3.63) is 30.5 Å². The van der Waals surface area contributed by atoms with Gasteiger partial charge in [0.2, 0.25) is 0 Å². The SMILES string of the molecule is CCCn1ccc2cc(NC(=O)C(=O)NCCC(O)C(C)C)ccc21. The van der Waals surface area contributed by atoms with Crippen LogP contribution >= 0.6 is 0 Å². The number of amides is 2. The van der Waals surface area contributed by atoms with Crippen molar-refractivity contribution in [3.8, 4) is 0 Å². The lowest BCUT2D eigenvalue weighted by Gasteiger charge is -2.14. The van der Waals surface area contributed by atoms with E-state index in [4.69, 9.17) is 0 Å². The molecule has 1 atom stereocenters. The van der Waals surface area contributed by atoms with Crippen LogP contribution < -0.4 is 10.6 Å². The number of benzene rings is 1. The number of aliphatic hydroxyl groups excluding tert-OH is 1. The predicted molar refractivity (Wildman–Crippen MR) is 99.3 cm³/mol. The third kappa shape index (κ3) is 5.06. The molecule has 2 amide bonds. The Morgan fingerprint density at radius 1 is 1.20 bits per heavy atom. The number of carbonyl (C=O) groups excluding carboxylic acids is 2. The lowest BCUT2D eigenvalue weighted by atomic mass is 10.0. The van der Waals surface area contributed by atoms with Crippen molar-refractivity contribution in [1.82, 2.24) is 9.88 Å². The minimum absolute atomic E-state index is 0.123. The molecular formula is C19H27N3O3. The van der Waals surface area contributed by atoms with Crippen molar-refractivity contribution in [3.63, 3.8) is 0 Å². The Hall–Kier alpha value is -2.34. The van der Waals surface area contributed by atoms with E-state index in [2.05, 4.69) is 22.1 Å². The summed E-state index contributed by atoms with van der Waals surface area (Å²) in [6.45, 7) is 7.15. The van der Waals surface area contributed by atoms with Crippen LogP contribution in [0.5, 0.6) is 0 Å². The second-order valence-corrected chi connectivity index (χ2v) is 6.59. The van der Waals surface area contributed by atoms with Crippen LogP contribution in [0.4, 0.5) is 5.69 Å². The first-order valence-electron chi connectivity index (χ1n) is 8.78. The Morgan fingerprint density at radius 2 is 1.96 bits per heavy atom. The van der Waals surface area contributed by atoms with E-state index >= 15 is 0 Å². The normalized spacial score (nSPS) is 12.4. The van der Waals surface area contributed by atoms with E-state index in [0.717, 1.165) is 23.9 Å². The first-order chi connectivity index (χ1) is 11.9. The minimum atomic E-state index is -0.702. The number of nitrogens with one attached hydrogen (secondary N) is 2. The van der Waals surface area contributed by atoms with Gasteiger partial charge in [-0.15, -0.1) is 0 Å². The molecule has 0 fully saturated rings. The monoisotopic (exact) mass is 345 g/mol. The summed E-state index contributed by atoms with van der Waals surface area (Å²) in [6.07, 6.45) is 3.01. The van der Waals surface area contributed by atoms with Crippen molar-refractivity contribution in [2.45, 2.75) is 46.3 Å². The number of nitrogens with zero attached hydrogens (tertiary/aromatic N) is 1. The van der Waals surface area contributed by atoms with Gasteiger partial charge in [0.15, 0.2) is 0 Å². The first-order valence-corrected chi connectivity index (χ1v) is 8.78. The second kappa shape index (κ2) is 8.67. The van der Waals surface area contributed by atoms with Gasteiger partial charge in [0.25, 0.3) is 0 Å². The molecule has 1 aromatic heterocycles. The van der Waals surface area contributed by atoms with Crippen LogP contribution in [0.15, 0.2) is 30.5 Å². The number of aliphatic hydroxyl groups is 1. The zero-order valence-corrected chi connectivity index (χ0v) is 15.1. The third-order valence-electron chi connectivity index (χ3n) is 4.19. The standard InChI is InChI=1S/C19H27N3O3/c1-4-10-22-11-8-14-12-15(5-6-16(14)22)21-19(25)18(24)20-9-7-17(23)13(2)3/h5-6,8,11-13,17,23H,4,7,9-10H2,1-3H3,(H,20,24)(H,21,25). The maximum Gasteiger partial charge on any atom is 0.313 e. The summed E-state index contributed by atoms with van der Waals surface area (Å²) in [6, 6.07) is 7.59.